The van der Waals surface area contributed by atoms with Crippen LogP contribution >= 0.6 is 0 Å². The smallest absolute Gasteiger partial charge is 0.305 e. The van der Waals surface area contributed by atoms with E-state index < -0.39 is 10.0 Å². The van der Waals surface area contributed by atoms with E-state index in [2.05, 4.69) is 40.7 Å². The standard InChI is InChI=1S/C51H102N4O5S/c1-6-9-12-15-18-27-34-47-59-49(56)39-30-23-19-25-32-44-55(46-36-43-53-50(52-4)54-61(5,57)58)45-33-26-20-24-31-40-51(41-35-42-51)60-48(37-28-21-16-13-10-7-2)38-29-22-17-14-11-8-3/h48H,6-47H2,1-5H3,(H2,52,53,54). The van der Waals surface area contributed by atoms with Crippen molar-refractivity contribution in [2.24, 2.45) is 4.99 Å². The van der Waals surface area contributed by atoms with Crippen LogP contribution in [0.5, 0.6) is 0 Å². The number of nitrogens with zero attached hydrogens (tertiary/aromatic N) is 2. The number of carbonyl (C=O) groups excluding carboxylic acids is 1. The van der Waals surface area contributed by atoms with Crippen molar-refractivity contribution in [2.45, 2.75) is 270 Å². The third-order valence-corrected chi connectivity index (χ3v) is 13.4. The number of carbonyl (C=O) groups is 1. The fraction of sp³-hybridized carbons (Fsp3) is 0.961. The lowest BCUT2D eigenvalue weighted by Crippen LogP contribution is -2.43. The highest BCUT2D eigenvalue weighted by atomic mass is 32.2. The number of rotatable bonds is 45. The number of nitrogens with one attached hydrogen (secondary N) is 2. The van der Waals surface area contributed by atoms with Crippen molar-refractivity contribution in [2.75, 3.05) is 46.1 Å². The molecule has 0 heterocycles. The van der Waals surface area contributed by atoms with Crippen LogP contribution in [0.4, 0.5) is 0 Å². The summed E-state index contributed by atoms with van der Waals surface area (Å²) < 4.78 is 38.4. The number of ether oxygens (including phenoxy) is 2. The van der Waals surface area contributed by atoms with Crippen LogP contribution in [0.15, 0.2) is 4.99 Å². The molecule has 0 radical (unpaired) electrons. The van der Waals surface area contributed by atoms with Gasteiger partial charge in [0.05, 0.1) is 24.6 Å². The third kappa shape index (κ3) is 35.6. The molecule has 0 amide bonds. The van der Waals surface area contributed by atoms with Crippen molar-refractivity contribution in [3.8, 4) is 0 Å². The molecule has 0 saturated heterocycles. The van der Waals surface area contributed by atoms with E-state index in [1.807, 2.05) is 0 Å². The summed E-state index contributed by atoms with van der Waals surface area (Å²) in [4.78, 5) is 18.8. The van der Waals surface area contributed by atoms with Crippen molar-refractivity contribution in [3.63, 3.8) is 0 Å². The lowest BCUT2D eigenvalue weighted by atomic mass is 9.76. The highest BCUT2D eigenvalue weighted by Gasteiger charge is 2.39. The molecule has 1 saturated carbocycles. The summed E-state index contributed by atoms with van der Waals surface area (Å²) in [6.45, 7) is 11.3. The van der Waals surface area contributed by atoms with Crippen molar-refractivity contribution in [1.29, 1.82) is 0 Å². The average Bonchev–Trinajstić information content (AvgIpc) is 3.22. The van der Waals surface area contributed by atoms with E-state index in [0.29, 0.717) is 31.6 Å². The number of hydrogen-bond donors (Lipinski definition) is 2. The predicted molar refractivity (Wildman–Crippen MR) is 262 cm³/mol. The molecule has 0 aliphatic heterocycles. The van der Waals surface area contributed by atoms with Crippen LogP contribution in [-0.4, -0.2) is 83.0 Å². The molecule has 1 rings (SSSR count). The molecular formula is C51H102N4O5S. The van der Waals surface area contributed by atoms with Crippen LogP contribution in [-0.2, 0) is 24.3 Å². The number of sulfonamides is 1. The maximum absolute atomic E-state index is 12.2. The van der Waals surface area contributed by atoms with Gasteiger partial charge in [0.15, 0.2) is 0 Å². The van der Waals surface area contributed by atoms with E-state index in [1.54, 1.807) is 7.05 Å². The predicted octanol–water partition coefficient (Wildman–Crippen LogP) is 13.6. The van der Waals surface area contributed by atoms with Crippen molar-refractivity contribution in [3.05, 3.63) is 0 Å². The molecule has 10 heteroatoms. The minimum Gasteiger partial charge on any atom is -0.466 e. The van der Waals surface area contributed by atoms with Gasteiger partial charge in [-0.2, -0.15) is 0 Å². The Hall–Kier alpha value is -1.39. The number of aliphatic imine (C=N–C) groups is 1. The van der Waals surface area contributed by atoms with Crippen LogP contribution in [0.25, 0.3) is 0 Å². The molecule has 0 unspecified atom stereocenters. The van der Waals surface area contributed by atoms with E-state index in [9.17, 15) is 13.2 Å². The first-order valence-electron chi connectivity index (χ1n) is 26.4. The van der Waals surface area contributed by atoms with E-state index in [0.717, 1.165) is 70.8 Å². The number of guanidine groups is 1. The lowest BCUT2D eigenvalue weighted by Gasteiger charge is -2.44. The Labute approximate surface area is 379 Å². The summed E-state index contributed by atoms with van der Waals surface area (Å²) in [6, 6.07) is 0. The molecule has 1 fully saturated rings. The topological polar surface area (TPSA) is 109 Å². The first-order chi connectivity index (χ1) is 29.7. The zero-order chi connectivity index (χ0) is 44.5. The van der Waals surface area contributed by atoms with Gasteiger partial charge in [0.2, 0.25) is 16.0 Å². The SMILES string of the molecule is CCCCCCCCCOC(=O)CCCCCCCN(CCCCCCCC1(OC(CCCCCCCC)CCCCCCCC)CCC1)CCCNC(=NC)NS(C)(=O)=O. The minimum absolute atomic E-state index is 0.0316. The highest BCUT2D eigenvalue weighted by Crippen LogP contribution is 2.42. The van der Waals surface area contributed by atoms with Gasteiger partial charge in [-0.15, -0.1) is 0 Å². The van der Waals surface area contributed by atoms with Crippen molar-refractivity contribution < 1.29 is 22.7 Å². The molecule has 61 heavy (non-hydrogen) atoms. The Bertz CT molecular complexity index is 1120. The van der Waals surface area contributed by atoms with Gasteiger partial charge in [-0.25, -0.2) is 8.42 Å². The van der Waals surface area contributed by atoms with E-state index >= 15 is 0 Å². The van der Waals surface area contributed by atoms with Crippen molar-refractivity contribution >= 4 is 22.0 Å². The summed E-state index contributed by atoms with van der Waals surface area (Å²) in [5.41, 5.74) is 0.162. The second-order valence-corrected chi connectivity index (χ2v) is 20.6. The molecule has 2 N–H and O–H groups in total. The van der Waals surface area contributed by atoms with Crippen LogP contribution in [0, 0.1) is 0 Å². The second kappa shape index (κ2) is 40.1. The summed E-state index contributed by atoms with van der Waals surface area (Å²) in [5, 5.41) is 3.16. The number of hydrogen-bond acceptors (Lipinski definition) is 7. The zero-order valence-corrected chi connectivity index (χ0v) is 41.9. The van der Waals surface area contributed by atoms with E-state index in [4.69, 9.17) is 9.47 Å². The molecule has 0 bridgehead atoms. The molecule has 0 aromatic carbocycles. The van der Waals surface area contributed by atoms with Gasteiger partial charge in [0, 0.05) is 20.0 Å². The largest absolute Gasteiger partial charge is 0.466 e. The summed E-state index contributed by atoms with van der Waals surface area (Å²) >= 11 is 0. The fourth-order valence-corrected chi connectivity index (χ4v) is 9.38. The van der Waals surface area contributed by atoms with Gasteiger partial charge in [0.1, 0.15) is 0 Å². The van der Waals surface area contributed by atoms with Crippen molar-refractivity contribution in [1.82, 2.24) is 14.9 Å². The monoisotopic (exact) mass is 883 g/mol. The Balaban J connectivity index is 2.44. The molecule has 1 aliphatic carbocycles. The van der Waals surface area contributed by atoms with Gasteiger partial charge in [-0.1, -0.05) is 181 Å². The maximum atomic E-state index is 12.2. The quantitative estimate of drug-likeness (QED) is 0.0271. The van der Waals surface area contributed by atoms with Gasteiger partial charge in [-0.05, 0) is 90.3 Å². The third-order valence-electron chi connectivity index (χ3n) is 12.9. The number of unbranched alkanes of at least 4 members (excludes halogenated alkanes) is 24. The van der Waals surface area contributed by atoms with Crippen LogP contribution in [0.2, 0.25) is 0 Å². The van der Waals surface area contributed by atoms with Gasteiger partial charge >= 0.3 is 5.97 Å². The zero-order valence-electron chi connectivity index (χ0n) is 41.1. The number of esters is 1. The molecule has 0 aromatic rings. The summed E-state index contributed by atoms with van der Waals surface area (Å²) in [5.74, 6) is 0.270. The van der Waals surface area contributed by atoms with Gasteiger partial charge in [0.25, 0.3) is 0 Å². The summed E-state index contributed by atoms with van der Waals surface area (Å²) in [7, 11) is -1.77. The van der Waals surface area contributed by atoms with Crippen LogP contribution < -0.4 is 10.0 Å². The average molecular weight is 883 g/mol. The van der Waals surface area contributed by atoms with Gasteiger partial charge < -0.3 is 19.7 Å². The first-order valence-corrected chi connectivity index (χ1v) is 28.3. The normalized spacial score (nSPS) is 14.2. The van der Waals surface area contributed by atoms with Gasteiger partial charge in [-0.3, -0.25) is 14.5 Å². The Morgan fingerprint density at radius 3 is 1.57 bits per heavy atom. The maximum Gasteiger partial charge on any atom is 0.305 e. The highest BCUT2D eigenvalue weighted by molar-refractivity contribution is 7.89. The van der Waals surface area contributed by atoms with E-state index in [1.165, 1.54) is 186 Å². The van der Waals surface area contributed by atoms with Crippen LogP contribution in [0.3, 0.4) is 0 Å². The molecule has 1 aliphatic rings. The molecule has 0 atom stereocenters. The first kappa shape index (κ1) is 57.6. The van der Waals surface area contributed by atoms with E-state index in [-0.39, 0.29) is 11.6 Å². The Morgan fingerprint density at radius 1 is 0.623 bits per heavy atom. The fourth-order valence-electron chi connectivity index (χ4n) is 8.86. The second-order valence-electron chi connectivity index (χ2n) is 18.8. The molecule has 9 nitrogen and oxygen atoms in total. The van der Waals surface area contributed by atoms with Crippen LogP contribution in [0.1, 0.15) is 258 Å². The minimum atomic E-state index is -3.36. The summed E-state index contributed by atoms with van der Waals surface area (Å²) in [6.07, 6.45) is 47.5. The molecule has 362 valence electrons. The molecule has 0 spiro atoms. The Kier molecular flexibility index (Phi) is 37.9. The lowest BCUT2D eigenvalue weighted by molar-refractivity contribution is -0.149. The molecular weight excluding hydrogens is 781 g/mol. The molecule has 0 aromatic heterocycles. The Morgan fingerprint density at radius 2 is 1.08 bits per heavy atom.